The van der Waals surface area contributed by atoms with Crippen molar-refractivity contribution in [2.75, 3.05) is 44.0 Å². The Labute approximate surface area is 133 Å². The lowest BCUT2D eigenvalue weighted by molar-refractivity contribution is 0.180. The van der Waals surface area contributed by atoms with Crippen molar-refractivity contribution in [1.29, 1.82) is 0 Å². The van der Waals surface area contributed by atoms with E-state index in [1.165, 1.54) is 6.07 Å². The van der Waals surface area contributed by atoms with Gasteiger partial charge in [-0.1, -0.05) is 6.07 Å². The molecule has 7 heteroatoms. The molecule has 0 radical (unpaired) electrons. The van der Waals surface area contributed by atoms with E-state index in [0.717, 1.165) is 36.6 Å². The second kappa shape index (κ2) is 7.78. The summed E-state index contributed by atoms with van der Waals surface area (Å²) in [4.78, 5) is 16.2. The van der Waals surface area contributed by atoms with Crippen LogP contribution < -0.4 is 5.32 Å². The van der Waals surface area contributed by atoms with E-state index < -0.39 is 17.7 Å². The van der Waals surface area contributed by atoms with Crippen LogP contribution >= 0.6 is 11.8 Å². The van der Waals surface area contributed by atoms with Crippen molar-refractivity contribution in [2.45, 2.75) is 12.5 Å². The second-order valence-corrected chi connectivity index (χ2v) is 6.71. The molecule has 1 saturated heterocycles. The maximum atomic E-state index is 13.7. The second-order valence-electron chi connectivity index (χ2n) is 5.56. The lowest BCUT2D eigenvalue weighted by Gasteiger charge is -2.31. The number of carbonyl (C=O) groups excluding carboxylic acids is 1. The van der Waals surface area contributed by atoms with Crippen molar-refractivity contribution in [2.24, 2.45) is 0 Å². The first-order chi connectivity index (χ1) is 10.5. The molecular weight excluding hydrogens is 308 g/mol. The van der Waals surface area contributed by atoms with Crippen LogP contribution in [0.15, 0.2) is 18.2 Å². The maximum absolute atomic E-state index is 13.7. The number of para-hydroxylation sites is 1. The number of rotatable bonds is 3. The van der Waals surface area contributed by atoms with Crippen molar-refractivity contribution in [3.63, 3.8) is 0 Å². The summed E-state index contributed by atoms with van der Waals surface area (Å²) in [6.45, 7) is 1.31. The molecule has 2 amide bonds. The zero-order valence-corrected chi connectivity index (χ0v) is 13.6. The molecule has 1 aliphatic rings. The van der Waals surface area contributed by atoms with Crippen LogP contribution in [-0.4, -0.2) is 60.6 Å². The van der Waals surface area contributed by atoms with Gasteiger partial charge in [-0.2, -0.15) is 11.8 Å². The summed E-state index contributed by atoms with van der Waals surface area (Å²) in [5.41, 5.74) is -0.381. The third-order valence-corrected chi connectivity index (χ3v) is 4.67. The molecule has 1 fully saturated rings. The summed E-state index contributed by atoms with van der Waals surface area (Å²) < 4.78 is 27.4. The fraction of sp³-hybridized carbons (Fsp3) is 0.533. The molecule has 1 atom stereocenters. The van der Waals surface area contributed by atoms with Crippen LogP contribution in [0.25, 0.3) is 0 Å². The summed E-state index contributed by atoms with van der Waals surface area (Å²) in [5, 5.41) is 2.39. The number of anilines is 1. The highest BCUT2D eigenvalue weighted by Crippen LogP contribution is 2.21. The summed E-state index contributed by atoms with van der Waals surface area (Å²) in [7, 11) is 3.89. The zero-order chi connectivity index (χ0) is 16.1. The summed E-state index contributed by atoms with van der Waals surface area (Å²) >= 11 is 1.80. The van der Waals surface area contributed by atoms with E-state index in [-0.39, 0.29) is 11.7 Å². The number of likely N-dealkylation sites (N-methyl/N-ethyl adjacent to an activating group) is 1. The highest BCUT2D eigenvalue weighted by molar-refractivity contribution is 7.99. The minimum absolute atomic E-state index is 0.0253. The highest BCUT2D eigenvalue weighted by Gasteiger charge is 2.27. The van der Waals surface area contributed by atoms with Gasteiger partial charge in [0.05, 0.1) is 6.04 Å². The minimum atomic E-state index is -0.762. The summed E-state index contributed by atoms with van der Waals surface area (Å²) in [5.74, 6) is 0.288. The molecule has 1 aliphatic heterocycles. The van der Waals surface area contributed by atoms with Crippen LogP contribution in [-0.2, 0) is 0 Å². The molecule has 0 aliphatic carbocycles. The van der Waals surface area contributed by atoms with Crippen molar-refractivity contribution < 1.29 is 13.6 Å². The largest absolute Gasteiger partial charge is 0.322 e. The number of halogens is 2. The Hall–Kier alpha value is -1.34. The molecule has 2 rings (SSSR count). The number of benzene rings is 1. The highest BCUT2D eigenvalue weighted by atomic mass is 32.2. The minimum Gasteiger partial charge on any atom is -0.319 e. The molecule has 0 bridgehead atoms. The molecular formula is C15H21F2N3OS. The Balaban J connectivity index is 2.14. The number of amides is 2. The monoisotopic (exact) mass is 329 g/mol. The molecule has 22 heavy (non-hydrogen) atoms. The third-order valence-electron chi connectivity index (χ3n) is 3.47. The van der Waals surface area contributed by atoms with Gasteiger partial charge in [-0.15, -0.1) is 0 Å². The van der Waals surface area contributed by atoms with Crippen LogP contribution in [0.5, 0.6) is 0 Å². The van der Waals surface area contributed by atoms with Crippen LogP contribution in [0.2, 0.25) is 0 Å². The van der Waals surface area contributed by atoms with Gasteiger partial charge < -0.3 is 15.1 Å². The molecule has 0 aromatic heterocycles. The first-order valence-corrected chi connectivity index (χ1v) is 8.38. The van der Waals surface area contributed by atoms with Gasteiger partial charge in [0.15, 0.2) is 0 Å². The smallest absolute Gasteiger partial charge is 0.319 e. The number of nitrogens with zero attached hydrogens (tertiary/aromatic N) is 2. The van der Waals surface area contributed by atoms with Crippen molar-refractivity contribution in [3.05, 3.63) is 29.8 Å². The predicted molar refractivity (Wildman–Crippen MR) is 86.4 cm³/mol. The van der Waals surface area contributed by atoms with Crippen LogP contribution in [0.4, 0.5) is 19.3 Å². The molecule has 1 N–H and O–H groups in total. The Morgan fingerprint density at radius 1 is 1.41 bits per heavy atom. The Morgan fingerprint density at radius 2 is 2.09 bits per heavy atom. The van der Waals surface area contributed by atoms with E-state index in [0.29, 0.717) is 6.54 Å². The summed E-state index contributed by atoms with van der Waals surface area (Å²) in [6.07, 6.45) is 0.877. The van der Waals surface area contributed by atoms with Gasteiger partial charge in [0, 0.05) is 18.8 Å². The van der Waals surface area contributed by atoms with E-state index >= 15 is 0 Å². The lowest BCUT2D eigenvalue weighted by Crippen LogP contribution is -2.48. The first-order valence-electron chi connectivity index (χ1n) is 7.23. The number of thioether (sulfide) groups is 1. The maximum Gasteiger partial charge on any atom is 0.322 e. The van der Waals surface area contributed by atoms with Crippen LogP contribution in [0, 0.1) is 11.6 Å². The van der Waals surface area contributed by atoms with Crippen molar-refractivity contribution in [3.8, 4) is 0 Å². The molecule has 0 spiro atoms. The zero-order valence-electron chi connectivity index (χ0n) is 12.8. The molecule has 1 aromatic carbocycles. The third kappa shape index (κ3) is 4.33. The van der Waals surface area contributed by atoms with E-state index in [1.807, 2.05) is 19.0 Å². The number of carbonyl (C=O) groups is 1. The predicted octanol–water partition coefficient (Wildman–Crippen LogP) is 2.87. The molecule has 1 heterocycles. The lowest BCUT2D eigenvalue weighted by atomic mass is 10.2. The van der Waals surface area contributed by atoms with Gasteiger partial charge in [0.25, 0.3) is 0 Å². The standard InChI is InChI=1S/C15H21F2N3OS/c1-19(2)9-11-10-22-8-4-7-20(11)15(21)18-14-12(16)5-3-6-13(14)17/h3,5-6,11H,4,7-10H2,1-2H3,(H,18,21). The molecule has 122 valence electrons. The van der Waals surface area contributed by atoms with Crippen LogP contribution in [0.3, 0.4) is 0 Å². The van der Waals surface area contributed by atoms with Gasteiger partial charge in [-0.05, 0) is 38.4 Å². The quantitative estimate of drug-likeness (QED) is 0.926. The fourth-order valence-electron chi connectivity index (χ4n) is 2.46. The number of hydrogen-bond acceptors (Lipinski definition) is 3. The van der Waals surface area contributed by atoms with Gasteiger partial charge in [0.1, 0.15) is 17.3 Å². The van der Waals surface area contributed by atoms with Crippen molar-refractivity contribution >= 4 is 23.5 Å². The average Bonchev–Trinajstić information content (AvgIpc) is 2.68. The van der Waals surface area contributed by atoms with Gasteiger partial charge in [-0.25, -0.2) is 13.6 Å². The molecule has 1 unspecified atom stereocenters. The van der Waals surface area contributed by atoms with Gasteiger partial charge in [0.2, 0.25) is 0 Å². The SMILES string of the molecule is CN(C)CC1CSCCCN1C(=O)Nc1c(F)cccc1F. The number of urea groups is 1. The first kappa shape index (κ1) is 17.0. The number of nitrogens with one attached hydrogen (secondary N) is 1. The topological polar surface area (TPSA) is 35.6 Å². The average molecular weight is 329 g/mol. The van der Waals surface area contributed by atoms with Crippen LogP contribution in [0.1, 0.15) is 6.42 Å². The molecule has 4 nitrogen and oxygen atoms in total. The molecule has 0 saturated carbocycles. The normalized spacial score (nSPS) is 19.1. The Kier molecular flexibility index (Phi) is 6.02. The van der Waals surface area contributed by atoms with Gasteiger partial charge in [-0.3, -0.25) is 0 Å². The van der Waals surface area contributed by atoms with Gasteiger partial charge >= 0.3 is 6.03 Å². The van der Waals surface area contributed by atoms with E-state index in [4.69, 9.17) is 0 Å². The fourth-order valence-corrected chi connectivity index (χ4v) is 3.52. The summed E-state index contributed by atoms with van der Waals surface area (Å²) in [6, 6.07) is 3.12. The van der Waals surface area contributed by atoms with Crippen molar-refractivity contribution in [1.82, 2.24) is 9.80 Å². The van der Waals surface area contributed by atoms with E-state index in [2.05, 4.69) is 5.32 Å². The Morgan fingerprint density at radius 3 is 2.73 bits per heavy atom. The number of hydrogen-bond donors (Lipinski definition) is 1. The van der Waals surface area contributed by atoms with E-state index in [9.17, 15) is 13.6 Å². The van der Waals surface area contributed by atoms with E-state index in [1.54, 1.807) is 16.7 Å². The molecule has 1 aromatic rings. The Bertz CT molecular complexity index is 507.